The first kappa shape index (κ1) is 18.2. The van der Waals surface area contributed by atoms with Crippen molar-refractivity contribution in [1.82, 2.24) is 4.90 Å². The summed E-state index contributed by atoms with van der Waals surface area (Å²) in [7, 11) is -3.21. The minimum atomic E-state index is -3.21. The van der Waals surface area contributed by atoms with Crippen LogP contribution in [0.15, 0.2) is 18.2 Å². The molecule has 0 aliphatic rings. The third kappa shape index (κ3) is 4.84. The lowest BCUT2D eigenvalue weighted by atomic mass is 10.0. The third-order valence-electron chi connectivity index (χ3n) is 3.25. The van der Waals surface area contributed by atoms with Crippen molar-refractivity contribution in [3.05, 3.63) is 34.9 Å². The standard InChI is InChI=1S/C15H21NO5S/c1-5-16(11(3)9-22(4,20)21)14(17)12-6-10(2)7-13(8-12)15(18)19/h6-8,11H,5,9H2,1-4H3,(H,18,19). The van der Waals surface area contributed by atoms with E-state index < -0.39 is 21.8 Å². The van der Waals surface area contributed by atoms with Crippen molar-refractivity contribution in [3.8, 4) is 0 Å². The van der Waals surface area contributed by atoms with Crippen LogP contribution in [0.5, 0.6) is 0 Å². The number of nitrogens with zero attached hydrogens (tertiary/aromatic N) is 1. The van der Waals surface area contributed by atoms with Gasteiger partial charge < -0.3 is 10.0 Å². The van der Waals surface area contributed by atoms with Crippen LogP contribution in [0.1, 0.15) is 40.1 Å². The van der Waals surface area contributed by atoms with Crippen molar-refractivity contribution in [3.63, 3.8) is 0 Å². The number of rotatable bonds is 6. The molecule has 0 spiro atoms. The highest BCUT2D eigenvalue weighted by Gasteiger charge is 2.23. The van der Waals surface area contributed by atoms with Gasteiger partial charge in [0.2, 0.25) is 0 Å². The number of amides is 1. The quantitative estimate of drug-likeness (QED) is 0.856. The summed E-state index contributed by atoms with van der Waals surface area (Å²) in [6, 6.07) is 3.91. The maximum atomic E-state index is 12.6. The summed E-state index contributed by atoms with van der Waals surface area (Å²) in [5.41, 5.74) is 0.949. The molecule has 6 nitrogen and oxygen atoms in total. The molecule has 0 radical (unpaired) electrons. The van der Waals surface area contributed by atoms with Gasteiger partial charge in [-0.15, -0.1) is 0 Å². The first-order chi connectivity index (χ1) is 10.0. The van der Waals surface area contributed by atoms with Crippen LogP contribution in [0.3, 0.4) is 0 Å². The zero-order valence-corrected chi connectivity index (χ0v) is 14.0. The first-order valence-electron chi connectivity index (χ1n) is 6.88. The van der Waals surface area contributed by atoms with Gasteiger partial charge in [-0.1, -0.05) is 0 Å². The lowest BCUT2D eigenvalue weighted by Gasteiger charge is -2.27. The summed E-state index contributed by atoms with van der Waals surface area (Å²) in [4.78, 5) is 25.1. The largest absolute Gasteiger partial charge is 0.478 e. The molecule has 0 fully saturated rings. The van der Waals surface area contributed by atoms with Gasteiger partial charge in [0.15, 0.2) is 0 Å². The third-order valence-corrected chi connectivity index (χ3v) is 4.34. The average molecular weight is 327 g/mol. The fourth-order valence-corrected chi connectivity index (χ4v) is 3.44. The molecule has 0 aliphatic heterocycles. The number of sulfone groups is 1. The molecular formula is C15H21NO5S. The topological polar surface area (TPSA) is 91.8 Å². The van der Waals surface area contributed by atoms with E-state index in [0.29, 0.717) is 12.1 Å². The Morgan fingerprint density at radius 3 is 2.23 bits per heavy atom. The Morgan fingerprint density at radius 2 is 1.77 bits per heavy atom. The lowest BCUT2D eigenvalue weighted by Crippen LogP contribution is -2.42. The minimum absolute atomic E-state index is 0.0372. The predicted octanol–water partition coefficient (Wildman–Crippen LogP) is 1.59. The van der Waals surface area contributed by atoms with E-state index >= 15 is 0 Å². The van der Waals surface area contributed by atoms with Gasteiger partial charge in [0, 0.05) is 24.4 Å². The van der Waals surface area contributed by atoms with Gasteiger partial charge in [-0.25, -0.2) is 13.2 Å². The Bertz CT molecular complexity index is 681. The number of aryl methyl sites for hydroxylation is 1. The van der Waals surface area contributed by atoms with Gasteiger partial charge in [-0.2, -0.15) is 0 Å². The number of carboxylic acids is 1. The highest BCUT2D eigenvalue weighted by molar-refractivity contribution is 7.90. The Kier molecular flexibility index (Phi) is 5.71. The Morgan fingerprint density at radius 1 is 1.23 bits per heavy atom. The fourth-order valence-electron chi connectivity index (χ4n) is 2.38. The summed E-state index contributed by atoms with van der Waals surface area (Å²) in [5.74, 6) is -1.61. The van der Waals surface area contributed by atoms with Crippen molar-refractivity contribution >= 4 is 21.7 Å². The van der Waals surface area contributed by atoms with E-state index in [1.807, 2.05) is 0 Å². The minimum Gasteiger partial charge on any atom is -0.478 e. The fraction of sp³-hybridized carbons (Fsp3) is 0.467. The van der Waals surface area contributed by atoms with Gasteiger partial charge in [-0.05, 0) is 44.5 Å². The van der Waals surface area contributed by atoms with Crippen LogP contribution in [0.4, 0.5) is 0 Å². The summed E-state index contributed by atoms with van der Waals surface area (Å²) in [6.07, 6.45) is 1.12. The number of benzene rings is 1. The lowest BCUT2D eigenvalue weighted by molar-refractivity contribution is 0.0696. The van der Waals surface area contributed by atoms with Crippen LogP contribution < -0.4 is 0 Å². The van der Waals surface area contributed by atoms with Crippen LogP contribution in [0, 0.1) is 6.92 Å². The van der Waals surface area contributed by atoms with E-state index in [0.717, 1.165) is 6.26 Å². The van der Waals surface area contributed by atoms with Crippen molar-refractivity contribution in [2.45, 2.75) is 26.8 Å². The zero-order chi connectivity index (χ0) is 17.1. The van der Waals surface area contributed by atoms with Crippen molar-refractivity contribution < 1.29 is 23.1 Å². The molecule has 1 rings (SSSR count). The average Bonchev–Trinajstić information content (AvgIpc) is 2.36. The molecule has 1 unspecified atom stereocenters. The SMILES string of the molecule is CCN(C(=O)c1cc(C)cc(C(=O)O)c1)C(C)CS(C)(=O)=O. The molecule has 0 bridgehead atoms. The number of carbonyl (C=O) groups excluding carboxylic acids is 1. The van der Waals surface area contributed by atoms with E-state index in [4.69, 9.17) is 5.11 Å². The van der Waals surface area contributed by atoms with Crippen LogP contribution in [0.2, 0.25) is 0 Å². The zero-order valence-electron chi connectivity index (χ0n) is 13.2. The van der Waals surface area contributed by atoms with Gasteiger partial charge in [0.05, 0.1) is 11.3 Å². The van der Waals surface area contributed by atoms with E-state index in [1.165, 1.54) is 17.0 Å². The predicted molar refractivity (Wildman–Crippen MR) is 84.0 cm³/mol. The molecule has 122 valence electrons. The summed E-state index contributed by atoms with van der Waals surface area (Å²) in [5, 5.41) is 9.07. The molecular weight excluding hydrogens is 306 g/mol. The molecule has 0 heterocycles. The van der Waals surface area contributed by atoms with Crippen LogP contribution in [-0.2, 0) is 9.84 Å². The second-order valence-corrected chi connectivity index (χ2v) is 7.61. The van der Waals surface area contributed by atoms with Crippen molar-refractivity contribution in [2.75, 3.05) is 18.6 Å². The number of carbonyl (C=O) groups is 2. The summed E-state index contributed by atoms with van der Waals surface area (Å²) < 4.78 is 22.8. The number of hydrogen-bond acceptors (Lipinski definition) is 4. The number of carboxylic acid groups (broad SMARTS) is 1. The molecule has 1 N–H and O–H groups in total. The molecule has 1 atom stereocenters. The van der Waals surface area contributed by atoms with E-state index in [-0.39, 0.29) is 22.8 Å². The monoisotopic (exact) mass is 327 g/mol. The van der Waals surface area contributed by atoms with Gasteiger partial charge in [0.1, 0.15) is 9.84 Å². The van der Waals surface area contributed by atoms with Crippen LogP contribution in [-0.4, -0.2) is 54.9 Å². The number of aromatic carboxylic acids is 1. The van der Waals surface area contributed by atoms with Gasteiger partial charge in [0.25, 0.3) is 5.91 Å². The smallest absolute Gasteiger partial charge is 0.335 e. The maximum absolute atomic E-state index is 12.6. The van der Waals surface area contributed by atoms with Gasteiger partial charge in [-0.3, -0.25) is 4.79 Å². The molecule has 1 aromatic rings. The molecule has 0 saturated carbocycles. The first-order valence-corrected chi connectivity index (χ1v) is 8.95. The Balaban J connectivity index is 3.14. The molecule has 0 aromatic heterocycles. The van der Waals surface area contributed by atoms with Gasteiger partial charge >= 0.3 is 5.97 Å². The van der Waals surface area contributed by atoms with Crippen LogP contribution in [0.25, 0.3) is 0 Å². The summed E-state index contributed by atoms with van der Waals surface area (Å²) in [6.45, 7) is 5.46. The second-order valence-electron chi connectivity index (χ2n) is 5.43. The van der Waals surface area contributed by atoms with Crippen molar-refractivity contribution in [1.29, 1.82) is 0 Å². The maximum Gasteiger partial charge on any atom is 0.335 e. The van der Waals surface area contributed by atoms with E-state index in [1.54, 1.807) is 26.8 Å². The second kappa shape index (κ2) is 6.91. The molecule has 1 amide bonds. The summed E-state index contributed by atoms with van der Waals surface area (Å²) >= 11 is 0. The number of hydrogen-bond donors (Lipinski definition) is 1. The van der Waals surface area contributed by atoms with E-state index in [2.05, 4.69) is 0 Å². The molecule has 1 aromatic carbocycles. The normalized spacial score (nSPS) is 12.7. The van der Waals surface area contributed by atoms with Crippen LogP contribution >= 0.6 is 0 Å². The molecule has 22 heavy (non-hydrogen) atoms. The molecule has 0 saturated heterocycles. The Labute approximate surface area is 130 Å². The molecule has 7 heteroatoms. The molecule has 0 aliphatic carbocycles. The van der Waals surface area contributed by atoms with E-state index in [9.17, 15) is 18.0 Å². The van der Waals surface area contributed by atoms with Crippen molar-refractivity contribution in [2.24, 2.45) is 0 Å². The Hall–Kier alpha value is -1.89. The highest BCUT2D eigenvalue weighted by Crippen LogP contribution is 2.15. The highest BCUT2D eigenvalue weighted by atomic mass is 32.2.